The maximum atomic E-state index is 11.9. The summed E-state index contributed by atoms with van der Waals surface area (Å²) in [6.07, 6.45) is 3.46. The van der Waals surface area contributed by atoms with E-state index >= 15 is 0 Å². The summed E-state index contributed by atoms with van der Waals surface area (Å²) >= 11 is 0. The fraction of sp³-hybridized carbons (Fsp3) is 0.500. The summed E-state index contributed by atoms with van der Waals surface area (Å²) in [5.41, 5.74) is 5.28. The third kappa shape index (κ3) is 2.28. The average molecular weight is 237 g/mol. The number of aromatic nitrogens is 4. The van der Waals surface area contributed by atoms with Gasteiger partial charge in [0, 0.05) is 18.4 Å². The van der Waals surface area contributed by atoms with Gasteiger partial charge in [-0.25, -0.2) is 4.79 Å². The van der Waals surface area contributed by atoms with Gasteiger partial charge in [0.15, 0.2) is 5.82 Å². The van der Waals surface area contributed by atoms with Gasteiger partial charge in [0.25, 0.3) is 0 Å². The highest BCUT2D eigenvalue weighted by atomic mass is 16.5. The van der Waals surface area contributed by atoms with Crippen LogP contribution in [-0.4, -0.2) is 19.3 Å². The smallest absolute Gasteiger partial charge is 0.328 e. The van der Waals surface area contributed by atoms with Crippen LogP contribution in [0.4, 0.5) is 0 Å². The van der Waals surface area contributed by atoms with Gasteiger partial charge in [0.05, 0.1) is 13.1 Å². The average Bonchev–Trinajstić information content (AvgIpc) is 2.87. The molecule has 0 radical (unpaired) electrons. The van der Waals surface area contributed by atoms with E-state index in [-0.39, 0.29) is 18.3 Å². The van der Waals surface area contributed by atoms with Gasteiger partial charge in [-0.05, 0) is 13.8 Å². The lowest BCUT2D eigenvalue weighted by Crippen LogP contribution is -2.25. The van der Waals surface area contributed by atoms with E-state index in [1.165, 1.54) is 4.57 Å². The van der Waals surface area contributed by atoms with E-state index in [0.717, 1.165) is 0 Å². The summed E-state index contributed by atoms with van der Waals surface area (Å²) < 4.78 is 8.05. The number of imidazole rings is 1. The first-order valence-electron chi connectivity index (χ1n) is 5.40. The molecule has 0 aliphatic rings. The van der Waals surface area contributed by atoms with Gasteiger partial charge in [-0.2, -0.15) is 4.98 Å². The molecule has 92 valence electrons. The fourth-order valence-electron chi connectivity index (χ4n) is 1.53. The summed E-state index contributed by atoms with van der Waals surface area (Å²) in [6, 6.07) is 0.133. The molecule has 0 aromatic carbocycles. The summed E-state index contributed by atoms with van der Waals surface area (Å²) in [6.45, 7) is 4.40. The lowest BCUT2D eigenvalue weighted by Gasteiger charge is -2.03. The Morgan fingerprint density at radius 1 is 1.47 bits per heavy atom. The van der Waals surface area contributed by atoms with E-state index in [4.69, 9.17) is 10.3 Å². The second kappa shape index (κ2) is 4.54. The Kier molecular flexibility index (Phi) is 3.10. The maximum absolute atomic E-state index is 11.9. The van der Waals surface area contributed by atoms with Crippen LogP contribution in [0.1, 0.15) is 31.6 Å². The first-order chi connectivity index (χ1) is 8.11. The third-order valence-electron chi connectivity index (χ3n) is 2.43. The third-order valence-corrected chi connectivity index (χ3v) is 2.43. The minimum atomic E-state index is -0.0842. The number of hydrogen-bond donors (Lipinski definition) is 1. The van der Waals surface area contributed by atoms with Gasteiger partial charge in [0.1, 0.15) is 0 Å². The van der Waals surface area contributed by atoms with Crippen molar-refractivity contribution in [2.45, 2.75) is 33.0 Å². The second-order valence-corrected chi connectivity index (χ2v) is 4.02. The molecule has 2 heterocycles. The normalized spacial score (nSPS) is 11.3. The lowest BCUT2D eigenvalue weighted by atomic mass is 10.4. The molecule has 0 amide bonds. The van der Waals surface area contributed by atoms with Crippen LogP contribution < -0.4 is 11.4 Å². The van der Waals surface area contributed by atoms with Crippen molar-refractivity contribution in [2.75, 3.05) is 0 Å². The Balaban J connectivity index is 2.22. The molecule has 0 aliphatic heterocycles. The van der Waals surface area contributed by atoms with Crippen LogP contribution in [0, 0.1) is 0 Å². The van der Waals surface area contributed by atoms with Crippen molar-refractivity contribution in [2.24, 2.45) is 5.73 Å². The molecule has 2 rings (SSSR count). The molecule has 0 bridgehead atoms. The molecule has 0 saturated carbocycles. The van der Waals surface area contributed by atoms with Gasteiger partial charge in [-0.15, -0.1) is 0 Å². The van der Waals surface area contributed by atoms with Gasteiger partial charge in [-0.3, -0.25) is 9.13 Å². The highest BCUT2D eigenvalue weighted by molar-refractivity contribution is 4.91. The van der Waals surface area contributed by atoms with Crippen molar-refractivity contribution < 1.29 is 4.52 Å². The van der Waals surface area contributed by atoms with E-state index in [9.17, 15) is 4.79 Å². The molecule has 2 N–H and O–H groups in total. The van der Waals surface area contributed by atoms with Crippen LogP contribution in [0.15, 0.2) is 21.7 Å². The molecule has 2 aromatic rings. The molecule has 0 fully saturated rings. The zero-order valence-electron chi connectivity index (χ0n) is 9.83. The lowest BCUT2D eigenvalue weighted by molar-refractivity contribution is 0.373. The Hall–Kier alpha value is -1.89. The Morgan fingerprint density at radius 2 is 2.24 bits per heavy atom. The van der Waals surface area contributed by atoms with Crippen LogP contribution in [0.5, 0.6) is 0 Å². The van der Waals surface area contributed by atoms with Crippen LogP contribution in [0.25, 0.3) is 0 Å². The zero-order valence-corrected chi connectivity index (χ0v) is 9.83. The molecule has 7 heteroatoms. The van der Waals surface area contributed by atoms with Crippen LogP contribution in [-0.2, 0) is 13.1 Å². The molecule has 0 saturated heterocycles. The van der Waals surface area contributed by atoms with E-state index in [1.54, 1.807) is 17.0 Å². The molecule has 0 unspecified atom stereocenters. The van der Waals surface area contributed by atoms with Crippen molar-refractivity contribution in [3.8, 4) is 0 Å². The molecule has 0 atom stereocenters. The monoisotopic (exact) mass is 237 g/mol. The van der Waals surface area contributed by atoms with Gasteiger partial charge in [-0.1, -0.05) is 5.16 Å². The molecular formula is C10H15N5O2. The van der Waals surface area contributed by atoms with Crippen LogP contribution >= 0.6 is 0 Å². The first-order valence-corrected chi connectivity index (χ1v) is 5.40. The molecule has 2 aromatic heterocycles. The Labute approximate surface area is 97.8 Å². The highest BCUT2D eigenvalue weighted by Crippen LogP contribution is 2.01. The van der Waals surface area contributed by atoms with E-state index in [1.807, 2.05) is 13.8 Å². The summed E-state index contributed by atoms with van der Waals surface area (Å²) in [7, 11) is 0. The van der Waals surface area contributed by atoms with Gasteiger partial charge in [0.2, 0.25) is 5.89 Å². The summed E-state index contributed by atoms with van der Waals surface area (Å²) in [5, 5.41) is 3.74. The number of hydrogen-bond acceptors (Lipinski definition) is 5. The molecular weight excluding hydrogens is 222 g/mol. The zero-order chi connectivity index (χ0) is 12.4. The minimum absolute atomic E-state index is 0.0842. The van der Waals surface area contributed by atoms with E-state index in [2.05, 4.69) is 10.1 Å². The first kappa shape index (κ1) is 11.6. The SMILES string of the molecule is CC(C)n1ccn(Cc2noc(CN)n2)c1=O. The van der Waals surface area contributed by atoms with E-state index < -0.39 is 0 Å². The van der Waals surface area contributed by atoms with Gasteiger partial charge < -0.3 is 10.3 Å². The Bertz CT molecular complexity index is 551. The summed E-state index contributed by atoms with van der Waals surface area (Å²) in [4.78, 5) is 16.0. The molecule has 0 aliphatic carbocycles. The van der Waals surface area contributed by atoms with Crippen LogP contribution in [0.2, 0.25) is 0 Å². The highest BCUT2D eigenvalue weighted by Gasteiger charge is 2.10. The van der Waals surface area contributed by atoms with E-state index in [0.29, 0.717) is 18.3 Å². The quantitative estimate of drug-likeness (QED) is 0.815. The topological polar surface area (TPSA) is 91.9 Å². The minimum Gasteiger partial charge on any atom is -0.338 e. The standard InChI is InChI=1S/C10H15N5O2/c1-7(2)15-4-3-14(10(15)16)6-8-12-9(5-11)17-13-8/h3-4,7H,5-6,11H2,1-2H3. The molecule has 0 spiro atoms. The molecule has 17 heavy (non-hydrogen) atoms. The predicted octanol–water partition coefficient (Wildman–Crippen LogP) is 0.121. The number of nitrogens with zero attached hydrogens (tertiary/aromatic N) is 4. The van der Waals surface area contributed by atoms with Crippen molar-refractivity contribution in [1.82, 2.24) is 19.3 Å². The Morgan fingerprint density at radius 3 is 2.76 bits per heavy atom. The van der Waals surface area contributed by atoms with Crippen LogP contribution in [0.3, 0.4) is 0 Å². The number of rotatable bonds is 4. The summed E-state index contributed by atoms with van der Waals surface area (Å²) in [5.74, 6) is 0.824. The second-order valence-electron chi connectivity index (χ2n) is 4.02. The maximum Gasteiger partial charge on any atom is 0.328 e. The molecule has 7 nitrogen and oxygen atoms in total. The number of nitrogens with two attached hydrogens (primary N) is 1. The van der Waals surface area contributed by atoms with Gasteiger partial charge >= 0.3 is 5.69 Å². The predicted molar refractivity (Wildman–Crippen MR) is 60.4 cm³/mol. The van der Waals surface area contributed by atoms with Crippen molar-refractivity contribution in [1.29, 1.82) is 0 Å². The van der Waals surface area contributed by atoms with Crippen molar-refractivity contribution in [3.05, 3.63) is 34.6 Å². The van der Waals surface area contributed by atoms with Crippen molar-refractivity contribution >= 4 is 0 Å². The van der Waals surface area contributed by atoms with Crippen molar-refractivity contribution in [3.63, 3.8) is 0 Å². The fourth-order valence-corrected chi connectivity index (χ4v) is 1.53. The largest absolute Gasteiger partial charge is 0.338 e.